The van der Waals surface area contributed by atoms with Crippen molar-refractivity contribution in [2.24, 2.45) is 5.16 Å². The zero-order valence-corrected chi connectivity index (χ0v) is 13.4. The molecule has 1 amide bonds. The minimum atomic E-state index is -0.598. The minimum absolute atomic E-state index is 0.186. The molecular formula is C15H16N4O2S. The number of hydrogen-bond acceptors (Lipinski definition) is 6. The first-order valence-electron chi connectivity index (χ1n) is 6.89. The van der Waals surface area contributed by atoms with Gasteiger partial charge in [-0.25, -0.2) is 4.98 Å². The van der Waals surface area contributed by atoms with Crippen LogP contribution in [-0.4, -0.2) is 28.6 Å². The Kier molecular flexibility index (Phi) is 3.66. The smallest absolute Gasteiger partial charge is 0.280 e. The number of carbonyl (C=O) groups is 1. The number of carbonyl (C=O) groups excluding carboxylic acids is 1. The van der Waals surface area contributed by atoms with Crippen molar-refractivity contribution in [1.82, 2.24) is 15.3 Å². The highest BCUT2D eigenvalue weighted by atomic mass is 32.1. The Morgan fingerprint density at radius 3 is 3.00 bits per heavy atom. The number of amides is 1. The summed E-state index contributed by atoms with van der Waals surface area (Å²) in [5.41, 5.74) is 2.00. The summed E-state index contributed by atoms with van der Waals surface area (Å²) in [6.45, 7) is 3.85. The van der Waals surface area contributed by atoms with Crippen LogP contribution in [0.5, 0.6) is 0 Å². The van der Waals surface area contributed by atoms with Crippen molar-refractivity contribution in [3.63, 3.8) is 0 Å². The van der Waals surface area contributed by atoms with Crippen molar-refractivity contribution in [2.45, 2.75) is 25.9 Å². The lowest BCUT2D eigenvalue weighted by molar-refractivity contribution is -0.00507. The number of nitrogens with zero attached hydrogens (tertiary/aromatic N) is 3. The molecule has 6 nitrogen and oxygen atoms in total. The third-order valence-corrected chi connectivity index (χ3v) is 4.96. The van der Waals surface area contributed by atoms with E-state index in [2.05, 4.69) is 20.4 Å². The van der Waals surface area contributed by atoms with Gasteiger partial charge < -0.3 is 10.2 Å². The molecule has 3 heterocycles. The quantitative estimate of drug-likeness (QED) is 0.942. The SMILES string of the molecule is CNC(=O)c1nc(C)c(C2(C)CC(c3cccnc3)=NO2)s1. The molecule has 0 saturated carbocycles. The molecule has 0 fully saturated rings. The highest BCUT2D eigenvalue weighted by Crippen LogP contribution is 2.40. The Morgan fingerprint density at radius 2 is 2.32 bits per heavy atom. The van der Waals surface area contributed by atoms with Gasteiger partial charge in [-0.2, -0.15) is 0 Å². The second-order valence-corrected chi connectivity index (χ2v) is 6.29. The molecule has 0 aliphatic carbocycles. The molecular weight excluding hydrogens is 300 g/mol. The Morgan fingerprint density at radius 1 is 1.50 bits per heavy atom. The largest absolute Gasteiger partial charge is 0.383 e. The second-order valence-electron chi connectivity index (χ2n) is 5.29. The number of pyridine rings is 1. The first-order valence-corrected chi connectivity index (χ1v) is 7.70. The fourth-order valence-electron chi connectivity index (χ4n) is 2.44. The zero-order chi connectivity index (χ0) is 15.7. The molecule has 2 aromatic rings. The van der Waals surface area contributed by atoms with Crippen LogP contribution < -0.4 is 5.32 Å². The van der Waals surface area contributed by atoms with Crippen molar-refractivity contribution in [3.8, 4) is 0 Å². The van der Waals surface area contributed by atoms with E-state index in [0.29, 0.717) is 11.4 Å². The fourth-order valence-corrected chi connectivity index (χ4v) is 3.53. The van der Waals surface area contributed by atoms with Crippen molar-refractivity contribution in [1.29, 1.82) is 0 Å². The number of hydrogen-bond donors (Lipinski definition) is 1. The number of rotatable bonds is 3. The van der Waals surface area contributed by atoms with Crippen molar-refractivity contribution in [3.05, 3.63) is 45.7 Å². The van der Waals surface area contributed by atoms with Crippen molar-refractivity contribution in [2.75, 3.05) is 7.05 Å². The summed E-state index contributed by atoms with van der Waals surface area (Å²) in [6.07, 6.45) is 4.11. The maximum Gasteiger partial charge on any atom is 0.280 e. The van der Waals surface area contributed by atoms with Gasteiger partial charge in [0.25, 0.3) is 5.91 Å². The van der Waals surface area contributed by atoms with Crippen LogP contribution in [0.2, 0.25) is 0 Å². The monoisotopic (exact) mass is 316 g/mol. The maximum absolute atomic E-state index is 11.7. The average molecular weight is 316 g/mol. The maximum atomic E-state index is 11.7. The van der Waals surface area contributed by atoms with E-state index in [1.165, 1.54) is 11.3 Å². The first-order chi connectivity index (χ1) is 10.5. The zero-order valence-electron chi connectivity index (χ0n) is 12.6. The van der Waals surface area contributed by atoms with Gasteiger partial charge in [0.1, 0.15) is 0 Å². The van der Waals surface area contributed by atoms with Gasteiger partial charge in [0.15, 0.2) is 10.6 Å². The third-order valence-electron chi connectivity index (χ3n) is 3.56. The van der Waals surface area contributed by atoms with Gasteiger partial charge >= 0.3 is 0 Å². The summed E-state index contributed by atoms with van der Waals surface area (Å²) in [7, 11) is 1.59. The van der Waals surface area contributed by atoms with Crippen molar-refractivity contribution >= 4 is 23.0 Å². The third kappa shape index (κ3) is 2.48. The van der Waals surface area contributed by atoms with E-state index < -0.39 is 5.60 Å². The Balaban J connectivity index is 1.88. The molecule has 1 N–H and O–H groups in total. The van der Waals surface area contributed by atoms with Crippen LogP contribution in [0, 0.1) is 6.92 Å². The molecule has 1 aliphatic heterocycles. The number of aryl methyl sites for hydroxylation is 1. The molecule has 1 atom stereocenters. The number of nitrogens with one attached hydrogen (secondary N) is 1. The van der Waals surface area contributed by atoms with Gasteiger partial charge in [-0.05, 0) is 26.0 Å². The van der Waals surface area contributed by atoms with Crippen LogP contribution in [-0.2, 0) is 10.4 Å². The fraction of sp³-hybridized carbons (Fsp3) is 0.333. The topological polar surface area (TPSA) is 76.5 Å². The van der Waals surface area contributed by atoms with Crippen LogP contribution >= 0.6 is 11.3 Å². The molecule has 0 aromatic carbocycles. The highest BCUT2D eigenvalue weighted by Gasteiger charge is 2.40. The van der Waals surface area contributed by atoms with E-state index in [1.807, 2.05) is 26.0 Å². The van der Waals surface area contributed by atoms with Gasteiger partial charge in [0, 0.05) is 31.4 Å². The minimum Gasteiger partial charge on any atom is -0.383 e. The summed E-state index contributed by atoms with van der Waals surface area (Å²) in [5.74, 6) is -0.186. The molecule has 1 aliphatic rings. The standard InChI is InChI=1S/C15H16N4O2S/c1-9-12(22-14(18-9)13(20)16-3)15(2)7-11(19-21-15)10-5-4-6-17-8-10/h4-6,8H,7H2,1-3H3,(H,16,20). The van der Waals surface area contributed by atoms with Gasteiger partial charge in [-0.1, -0.05) is 5.16 Å². The molecule has 0 saturated heterocycles. The van der Waals surface area contributed by atoms with E-state index in [9.17, 15) is 4.79 Å². The highest BCUT2D eigenvalue weighted by molar-refractivity contribution is 7.13. The molecule has 0 bridgehead atoms. The van der Waals surface area contributed by atoms with Crippen LogP contribution in [0.25, 0.3) is 0 Å². The normalized spacial score (nSPS) is 20.4. The summed E-state index contributed by atoms with van der Waals surface area (Å²) >= 11 is 1.35. The molecule has 22 heavy (non-hydrogen) atoms. The predicted molar refractivity (Wildman–Crippen MR) is 84.1 cm³/mol. The Labute approximate surface area is 132 Å². The Bertz CT molecular complexity index is 741. The second kappa shape index (κ2) is 5.49. The summed E-state index contributed by atoms with van der Waals surface area (Å²) in [5, 5.41) is 7.24. The van der Waals surface area contributed by atoms with Crippen LogP contribution in [0.1, 0.15) is 39.3 Å². The van der Waals surface area contributed by atoms with E-state index in [0.717, 1.165) is 21.8 Å². The van der Waals surface area contributed by atoms with Crippen LogP contribution in [0.15, 0.2) is 29.7 Å². The van der Waals surface area contributed by atoms with E-state index in [4.69, 9.17) is 4.84 Å². The lowest BCUT2D eigenvalue weighted by Gasteiger charge is -2.20. The van der Waals surface area contributed by atoms with Crippen LogP contribution in [0.3, 0.4) is 0 Å². The first kappa shape index (κ1) is 14.6. The lowest BCUT2D eigenvalue weighted by Crippen LogP contribution is -2.21. The van der Waals surface area contributed by atoms with E-state index in [1.54, 1.807) is 19.4 Å². The summed E-state index contributed by atoms with van der Waals surface area (Å²) in [6, 6.07) is 3.82. The average Bonchev–Trinajstić information content (AvgIpc) is 3.12. The molecule has 2 aromatic heterocycles. The lowest BCUT2D eigenvalue weighted by atomic mass is 9.94. The van der Waals surface area contributed by atoms with Gasteiger partial charge in [-0.15, -0.1) is 11.3 Å². The Hall–Kier alpha value is -2.28. The molecule has 7 heteroatoms. The number of aromatic nitrogens is 2. The van der Waals surface area contributed by atoms with Gasteiger partial charge in [0.05, 0.1) is 16.3 Å². The molecule has 0 spiro atoms. The van der Waals surface area contributed by atoms with Gasteiger partial charge in [-0.3, -0.25) is 9.78 Å². The van der Waals surface area contributed by atoms with Gasteiger partial charge in [0.2, 0.25) is 0 Å². The predicted octanol–water partition coefficient (Wildman–Crippen LogP) is 2.25. The molecule has 3 rings (SSSR count). The number of thiazole rings is 1. The molecule has 1 unspecified atom stereocenters. The van der Waals surface area contributed by atoms with E-state index >= 15 is 0 Å². The van der Waals surface area contributed by atoms with Crippen molar-refractivity contribution < 1.29 is 9.63 Å². The molecule has 0 radical (unpaired) electrons. The van der Waals surface area contributed by atoms with Crippen LogP contribution in [0.4, 0.5) is 0 Å². The number of oxime groups is 1. The summed E-state index contributed by atoms with van der Waals surface area (Å²) < 4.78 is 0. The van der Waals surface area contributed by atoms with E-state index in [-0.39, 0.29) is 5.91 Å². The molecule has 114 valence electrons. The summed E-state index contributed by atoms with van der Waals surface area (Å²) in [4.78, 5) is 26.8.